The molecular formula is C17H21BrN2O4. The molecule has 0 spiro atoms. The average Bonchev–Trinajstić information content (AvgIpc) is 2.79. The van der Waals surface area contributed by atoms with Gasteiger partial charge in [0.25, 0.3) is 5.91 Å². The molecule has 1 aromatic carbocycles. The highest BCUT2D eigenvalue weighted by atomic mass is 79.9. The number of amides is 2. The molecule has 6 nitrogen and oxygen atoms in total. The number of halogens is 1. The fourth-order valence-electron chi connectivity index (χ4n) is 2.93. The quantitative estimate of drug-likeness (QED) is 0.666. The zero-order valence-electron chi connectivity index (χ0n) is 13.3. The lowest BCUT2D eigenvalue weighted by molar-refractivity contribution is -0.148. The highest BCUT2D eigenvalue weighted by Gasteiger charge is 2.39. The third-order valence-electron chi connectivity index (χ3n) is 4.24. The Hall–Kier alpha value is -1.89. The number of hydrogen-bond donors (Lipinski definition) is 3. The highest BCUT2D eigenvalue weighted by Crippen LogP contribution is 2.27. The van der Waals surface area contributed by atoms with Crippen LogP contribution in [0.3, 0.4) is 0 Å². The van der Waals surface area contributed by atoms with E-state index in [9.17, 15) is 19.5 Å². The van der Waals surface area contributed by atoms with Crippen LogP contribution < -0.4 is 10.6 Å². The third kappa shape index (κ3) is 4.80. The van der Waals surface area contributed by atoms with E-state index in [0.29, 0.717) is 18.4 Å². The van der Waals surface area contributed by atoms with Crippen LogP contribution in [-0.4, -0.2) is 35.0 Å². The Bertz CT molecular complexity index is 625. The molecule has 0 atom stereocenters. The standard InChI is InChI=1S/C17H21BrN2O4/c18-13-7-5-6-12(10-13)15(22)19-11-14(21)20-17(16(23)24)8-3-1-2-4-9-17/h5-7,10H,1-4,8-9,11H2,(H,19,22)(H,20,21)(H,23,24). The molecule has 0 unspecified atom stereocenters. The van der Waals surface area contributed by atoms with Crippen LogP contribution in [0.15, 0.2) is 28.7 Å². The molecule has 1 fully saturated rings. The summed E-state index contributed by atoms with van der Waals surface area (Å²) in [5, 5.41) is 14.7. The number of carboxylic acid groups (broad SMARTS) is 1. The third-order valence-corrected chi connectivity index (χ3v) is 4.73. The van der Waals surface area contributed by atoms with Gasteiger partial charge in [0, 0.05) is 10.0 Å². The Labute approximate surface area is 149 Å². The maximum absolute atomic E-state index is 12.1. The molecule has 0 radical (unpaired) electrons. The van der Waals surface area contributed by atoms with Crippen LogP contribution in [0.25, 0.3) is 0 Å². The van der Waals surface area contributed by atoms with Crippen molar-refractivity contribution in [3.05, 3.63) is 34.3 Å². The van der Waals surface area contributed by atoms with Gasteiger partial charge in [0.1, 0.15) is 5.54 Å². The maximum atomic E-state index is 12.1. The molecule has 1 saturated carbocycles. The number of carboxylic acids is 1. The zero-order valence-corrected chi connectivity index (χ0v) is 14.9. The largest absolute Gasteiger partial charge is 0.480 e. The molecule has 24 heavy (non-hydrogen) atoms. The number of hydrogen-bond acceptors (Lipinski definition) is 3. The van der Waals surface area contributed by atoms with E-state index >= 15 is 0 Å². The van der Waals surface area contributed by atoms with Crippen molar-refractivity contribution in [3.63, 3.8) is 0 Å². The van der Waals surface area contributed by atoms with Crippen molar-refractivity contribution in [1.82, 2.24) is 10.6 Å². The molecule has 1 aliphatic carbocycles. The van der Waals surface area contributed by atoms with Crippen molar-refractivity contribution in [2.24, 2.45) is 0 Å². The van der Waals surface area contributed by atoms with Crippen LogP contribution in [0.4, 0.5) is 0 Å². The number of benzene rings is 1. The minimum absolute atomic E-state index is 0.250. The monoisotopic (exact) mass is 396 g/mol. The lowest BCUT2D eigenvalue weighted by Crippen LogP contribution is -2.56. The van der Waals surface area contributed by atoms with Crippen LogP contribution in [0.5, 0.6) is 0 Å². The van der Waals surface area contributed by atoms with Crippen LogP contribution >= 0.6 is 15.9 Å². The topological polar surface area (TPSA) is 95.5 Å². The first kappa shape index (κ1) is 18.4. The minimum Gasteiger partial charge on any atom is -0.480 e. The second-order valence-corrected chi connectivity index (χ2v) is 6.96. The molecule has 130 valence electrons. The van der Waals surface area contributed by atoms with Gasteiger partial charge in [-0.2, -0.15) is 0 Å². The second kappa shape index (κ2) is 8.28. The normalized spacial score (nSPS) is 16.7. The highest BCUT2D eigenvalue weighted by molar-refractivity contribution is 9.10. The summed E-state index contributed by atoms with van der Waals surface area (Å²) in [7, 11) is 0. The van der Waals surface area contributed by atoms with E-state index in [4.69, 9.17) is 0 Å². The van der Waals surface area contributed by atoms with Gasteiger partial charge in [0.05, 0.1) is 6.54 Å². The Morgan fingerprint density at radius 2 is 1.79 bits per heavy atom. The fourth-order valence-corrected chi connectivity index (χ4v) is 3.33. The summed E-state index contributed by atoms with van der Waals surface area (Å²) in [5.41, 5.74) is -0.784. The van der Waals surface area contributed by atoms with Crippen LogP contribution in [0.2, 0.25) is 0 Å². The molecule has 0 aromatic heterocycles. The summed E-state index contributed by atoms with van der Waals surface area (Å²) in [5.74, 6) is -1.87. The molecule has 0 heterocycles. The Balaban J connectivity index is 1.94. The van der Waals surface area contributed by atoms with Crippen LogP contribution in [0.1, 0.15) is 48.9 Å². The number of aliphatic carboxylic acids is 1. The second-order valence-electron chi connectivity index (χ2n) is 6.04. The number of nitrogens with one attached hydrogen (secondary N) is 2. The Morgan fingerprint density at radius 3 is 2.38 bits per heavy atom. The molecule has 3 N–H and O–H groups in total. The van der Waals surface area contributed by atoms with Gasteiger partial charge in [0.2, 0.25) is 5.91 Å². The first-order valence-corrected chi connectivity index (χ1v) is 8.80. The SMILES string of the molecule is O=C(CNC(=O)c1cccc(Br)c1)NC1(C(=O)O)CCCCCC1. The lowest BCUT2D eigenvalue weighted by atomic mass is 9.90. The van der Waals surface area contributed by atoms with Gasteiger partial charge in [0.15, 0.2) is 0 Å². The molecule has 2 rings (SSSR count). The minimum atomic E-state index is -1.21. The van der Waals surface area contributed by atoms with E-state index in [0.717, 1.165) is 30.2 Å². The van der Waals surface area contributed by atoms with Crippen molar-refractivity contribution in [2.45, 2.75) is 44.1 Å². The molecule has 2 amide bonds. The Morgan fingerprint density at radius 1 is 1.12 bits per heavy atom. The van der Waals surface area contributed by atoms with Gasteiger partial charge in [-0.3, -0.25) is 9.59 Å². The van der Waals surface area contributed by atoms with Crippen LogP contribution in [-0.2, 0) is 9.59 Å². The first-order chi connectivity index (χ1) is 11.4. The summed E-state index contributed by atoms with van der Waals surface area (Å²) < 4.78 is 0.767. The predicted molar refractivity (Wildman–Crippen MR) is 92.7 cm³/mol. The van der Waals surface area contributed by atoms with Crippen molar-refractivity contribution in [3.8, 4) is 0 Å². The van der Waals surface area contributed by atoms with Crippen molar-refractivity contribution in [2.75, 3.05) is 6.54 Å². The van der Waals surface area contributed by atoms with Gasteiger partial charge < -0.3 is 15.7 Å². The number of rotatable bonds is 5. The molecule has 0 aliphatic heterocycles. The number of carbonyl (C=O) groups excluding carboxylic acids is 2. The molecule has 1 aliphatic rings. The van der Waals surface area contributed by atoms with Crippen LogP contribution in [0, 0.1) is 0 Å². The van der Waals surface area contributed by atoms with Gasteiger partial charge >= 0.3 is 5.97 Å². The van der Waals surface area contributed by atoms with E-state index in [-0.39, 0.29) is 12.5 Å². The van der Waals surface area contributed by atoms with Gasteiger partial charge in [-0.15, -0.1) is 0 Å². The van der Waals surface area contributed by atoms with E-state index in [1.165, 1.54) is 0 Å². The predicted octanol–water partition coefficient (Wildman–Crippen LogP) is 2.47. The summed E-state index contributed by atoms with van der Waals surface area (Å²) in [6.45, 7) is -0.250. The van der Waals surface area contributed by atoms with Gasteiger partial charge in [-0.25, -0.2) is 4.79 Å². The summed E-state index contributed by atoms with van der Waals surface area (Å²) >= 11 is 3.28. The first-order valence-electron chi connectivity index (χ1n) is 8.01. The zero-order chi connectivity index (χ0) is 17.6. The van der Waals surface area contributed by atoms with E-state index in [1.54, 1.807) is 24.3 Å². The van der Waals surface area contributed by atoms with Crippen molar-refractivity contribution >= 4 is 33.7 Å². The summed E-state index contributed by atoms with van der Waals surface area (Å²) in [6, 6.07) is 6.81. The molecular weight excluding hydrogens is 376 g/mol. The smallest absolute Gasteiger partial charge is 0.329 e. The van der Waals surface area contributed by atoms with Gasteiger partial charge in [-0.1, -0.05) is 47.7 Å². The van der Waals surface area contributed by atoms with Crippen molar-refractivity contribution < 1.29 is 19.5 Å². The van der Waals surface area contributed by atoms with E-state index in [2.05, 4.69) is 26.6 Å². The average molecular weight is 397 g/mol. The molecule has 1 aromatic rings. The summed E-state index contributed by atoms with van der Waals surface area (Å²) in [6.07, 6.45) is 4.35. The van der Waals surface area contributed by atoms with E-state index in [1.807, 2.05) is 0 Å². The van der Waals surface area contributed by atoms with E-state index < -0.39 is 17.4 Å². The Kier molecular flexibility index (Phi) is 6.36. The molecule has 0 saturated heterocycles. The lowest BCUT2D eigenvalue weighted by Gasteiger charge is -2.29. The maximum Gasteiger partial charge on any atom is 0.329 e. The van der Waals surface area contributed by atoms with Crippen molar-refractivity contribution in [1.29, 1.82) is 0 Å². The summed E-state index contributed by atoms with van der Waals surface area (Å²) in [4.78, 5) is 35.8. The van der Waals surface area contributed by atoms with Gasteiger partial charge in [-0.05, 0) is 31.0 Å². The fraction of sp³-hybridized carbons (Fsp3) is 0.471. The number of carbonyl (C=O) groups is 3. The molecule has 7 heteroatoms. The molecule has 0 bridgehead atoms.